The van der Waals surface area contributed by atoms with Gasteiger partial charge in [0.1, 0.15) is 28.8 Å². The maximum atomic E-state index is 9.40. The van der Waals surface area contributed by atoms with Crippen molar-refractivity contribution >= 4 is 11.6 Å². The molecule has 14 heavy (non-hydrogen) atoms. The van der Waals surface area contributed by atoms with Crippen LogP contribution in [0.2, 0.25) is 5.15 Å². The van der Waals surface area contributed by atoms with Gasteiger partial charge in [0, 0.05) is 0 Å². The Kier molecular flexibility index (Phi) is 3.65. The van der Waals surface area contributed by atoms with E-state index in [2.05, 4.69) is 4.98 Å². The summed E-state index contributed by atoms with van der Waals surface area (Å²) in [6, 6.07) is 2.59. The standard InChI is InChI=1S/C8H10ClNO4/c9-6-2-1-4(12)7(10-6)8(14)5(13)3-11/h1-2,5,8,11-14H,3H2. The Morgan fingerprint density at radius 1 is 1.36 bits per heavy atom. The molecule has 5 nitrogen and oxygen atoms in total. The van der Waals surface area contributed by atoms with Crippen LogP contribution in [0.3, 0.4) is 0 Å². The van der Waals surface area contributed by atoms with Gasteiger partial charge in [0.05, 0.1) is 6.61 Å². The zero-order valence-electron chi connectivity index (χ0n) is 7.13. The second-order valence-corrected chi connectivity index (χ2v) is 3.12. The first kappa shape index (κ1) is 11.2. The maximum Gasteiger partial charge on any atom is 0.140 e. The van der Waals surface area contributed by atoms with Crippen LogP contribution in [0.5, 0.6) is 5.75 Å². The SMILES string of the molecule is OCC(O)C(O)c1nc(Cl)ccc1O. The van der Waals surface area contributed by atoms with Crippen molar-refractivity contribution in [2.45, 2.75) is 12.2 Å². The Hall–Kier alpha value is -0.880. The molecule has 0 aromatic carbocycles. The summed E-state index contributed by atoms with van der Waals surface area (Å²) in [6.07, 6.45) is -2.86. The van der Waals surface area contributed by atoms with E-state index in [-0.39, 0.29) is 16.6 Å². The molecule has 1 rings (SSSR count). The maximum absolute atomic E-state index is 9.40. The van der Waals surface area contributed by atoms with Crippen LogP contribution in [0.25, 0.3) is 0 Å². The molecular formula is C8H10ClNO4. The zero-order valence-corrected chi connectivity index (χ0v) is 7.89. The second kappa shape index (κ2) is 4.56. The van der Waals surface area contributed by atoms with Crippen LogP contribution in [0.1, 0.15) is 11.8 Å². The summed E-state index contributed by atoms with van der Waals surface area (Å²) in [5.41, 5.74) is -0.154. The molecule has 1 aromatic heterocycles. The monoisotopic (exact) mass is 219 g/mol. The molecule has 78 valence electrons. The van der Waals surface area contributed by atoms with Gasteiger partial charge in [0.2, 0.25) is 0 Å². The van der Waals surface area contributed by atoms with Gasteiger partial charge in [0.25, 0.3) is 0 Å². The van der Waals surface area contributed by atoms with E-state index in [0.717, 1.165) is 0 Å². The van der Waals surface area contributed by atoms with Crippen LogP contribution in [0.15, 0.2) is 12.1 Å². The van der Waals surface area contributed by atoms with Gasteiger partial charge in [-0.15, -0.1) is 0 Å². The molecule has 0 radical (unpaired) electrons. The van der Waals surface area contributed by atoms with Crippen molar-refractivity contribution in [1.82, 2.24) is 4.98 Å². The van der Waals surface area contributed by atoms with Crippen molar-refractivity contribution in [1.29, 1.82) is 0 Å². The topological polar surface area (TPSA) is 93.8 Å². The van der Waals surface area contributed by atoms with E-state index in [9.17, 15) is 10.2 Å². The van der Waals surface area contributed by atoms with Crippen LogP contribution in [0.4, 0.5) is 0 Å². The minimum atomic E-state index is -1.46. The average Bonchev–Trinajstić information content (AvgIpc) is 2.19. The Bertz CT molecular complexity index is 320. The number of aromatic hydroxyl groups is 1. The smallest absolute Gasteiger partial charge is 0.140 e. The van der Waals surface area contributed by atoms with E-state index in [0.29, 0.717) is 0 Å². The summed E-state index contributed by atoms with van der Waals surface area (Å²) in [5, 5.41) is 36.4. The van der Waals surface area contributed by atoms with E-state index >= 15 is 0 Å². The van der Waals surface area contributed by atoms with E-state index in [1.165, 1.54) is 12.1 Å². The minimum Gasteiger partial charge on any atom is -0.506 e. The molecule has 0 aliphatic heterocycles. The molecule has 0 aliphatic rings. The fourth-order valence-corrected chi connectivity index (χ4v) is 1.10. The van der Waals surface area contributed by atoms with Crippen LogP contribution in [-0.2, 0) is 0 Å². The van der Waals surface area contributed by atoms with Gasteiger partial charge < -0.3 is 20.4 Å². The van der Waals surface area contributed by atoms with Gasteiger partial charge in [-0.3, -0.25) is 0 Å². The largest absolute Gasteiger partial charge is 0.506 e. The first-order valence-electron chi connectivity index (χ1n) is 3.88. The second-order valence-electron chi connectivity index (χ2n) is 2.73. The Morgan fingerprint density at radius 2 is 2.00 bits per heavy atom. The molecule has 0 bridgehead atoms. The van der Waals surface area contributed by atoms with E-state index in [1.807, 2.05) is 0 Å². The van der Waals surface area contributed by atoms with Gasteiger partial charge in [-0.1, -0.05) is 11.6 Å². The normalized spacial score (nSPS) is 15.1. The number of rotatable bonds is 3. The van der Waals surface area contributed by atoms with Crippen LogP contribution in [-0.4, -0.2) is 38.1 Å². The van der Waals surface area contributed by atoms with Crippen molar-refractivity contribution < 1.29 is 20.4 Å². The van der Waals surface area contributed by atoms with Gasteiger partial charge in [0.15, 0.2) is 0 Å². The number of aliphatic hydroxyl groups is 3. The van der Waals surface area contributed by atoms with E-state index in [1.54, 1.807) is 0 Å². The lowest BCUT2D eigenvalue weighted by atomic mass is 10.1. The van der Waals surface area contributed by atoms with Crippen molar-refractivity contribution in [3.05, 3.63) is 23.0 Å². The highest BCUT2D eigenvalue weighted by Gasteiger charge is 2.22. The van der Waals surface area contributed by atoms with E-state index < -0.39 is 18.8 Å². The summed E-state index contributed by atoms with van der Waals surface area (Å²) in [7, 11) is 0. The number of aromatic nitrogens is 1. The summed E-state index contributed by atoms with van der Waals surface area (Å²) in [4.78, 5) is 3.64. The van der Waals surface area contributed by atoms with Crippen molar-refractivity contribution in [2.75, 3.05) is 6.61 Å². The Morgan fingerprint density at radius 3 is 2.57 bits per heavy atom. The number of nitrogens with zero attached hydrogens (tertiary/aromatic N) is 1. The Labute approximate surface area is 85.2 Å². The summed E-state index contributed by atoms with van der Waals surface area (Å²) in [5.74, 6) is -0.283. The van der Waals surface area contributed by atoms with Crippen molar-refractivity contribution in [3.63, 3.8) is 0 Å². The molecule has 1 heterocycles. The lowest BCUT2D eigenvalue weighted by Gasteiger charge is -2.15. The lowest BCUT2D eigenvalue weighted by Crippen LogP contribution is -2.23. The van der Waals surface area contributed by atoms with Crippen LogP contribution >= 0.6 is 11.6 Å². The van der Waals surface area contributed by atoms with Gasteiger partial charge in [-0.25, -0.2) is 4.98 Å². The molecule has 0 saturated heterocycles. The predicted octanol–water partition coefficient (Wildman–Crippen LogP) is -0.173. The Balaban J connectivity index is 2.99. The molecular weight excluding hydrogens is 210 g/mol. The number of halogens is 1. The summed E-state index contributed by atoms with van der Waals surface area (Å²) >= 11 is 5.53. The number of hydrogen-bond acceptors (Lipinski definition) is 5. The van der Waals surface area contributed by atoms with Gasteiger partial charge in [-0.2, -0.15) is 0 Å². The summed E-state index contributed by atoms with van der Waals surface area (Å²) in [6.45, 7) is -0.630. The third-order valence-electron chi connectivity index (χ3n) is 1.70. The fraction of sp³-hybridized carbons (Fsp3) is 0.375. The van der Waals surface area contributed by atoms with Gasteiger partial charge in [-0.05, 0) is 12.1 Å². The minimum absolute atomic E-state index is 0.0852. The lowest BCUT2D eigenvalue weighted by molar-refractivity contribution is -0.0183. The van der Waals surface area contributed by atoms with Crippen molar-refractivity contribution in [3.8, 4) is 5.75 Å². The molecule has 0 spiro atoms. The fourth-order valence-electron chi connectivity index (χ4n) is 0.942. The highest BCUT2D eigenvalue weighted by molar-refractivity contribution is 6.29. The van der Waals surface area contributed by atoms with Crippen LogP contribution < -0.4 is 0 Å². The molecule has 1 aromatic rings. The molecule has 4 N–H and O–H groups in total. The third-order valence-corrected chi connectivity index (χ3v) is 1.91. The molecule has 6 heteroatoms. The van der Waals surface area contributed by atoms with Gasteiger partial charge >= 0.3 is 0 Å². The van der Waals surface area contributed by atoms with E-state index in [4.69, 9.17) is 21.8 Å². The number of aliphatic hydroxyl groups excluding tert-OH is 3. The molecule has 0 amide bonds. The number of pyridine rings is 1. The molecule has 2 atom stereocenters. The third kappa shape index (κ3) is 2.33. The molecule has 0 fully saturated rings. The first-order chi connectivity index (χ1) is 6.56. The average molecular weight is 220 g/mol. The van der Waals surface area contributed by atoms with Crippen LogP contribution in [0, 0.1) is 0 Å². The van der Waals surface area contributed by atoms with Crippen molar-refractivity contribution in [2.24, 2.45) is 0 Å². The quantitative estimate of drug-likeness (QED) is 0.530. The summed E-state index contributed by atoms with van der Waals surface area (Å²) < 4.78 is 0. The predicted molar refractivity (Wildman–Crippen MR) is 49.0 cm³/mol. The number of hydrogen-bond donors (Lipinski definition) is 4. The molecule has 0 saturated carbocycles. The molecule has 0 aliphatic carbocycles. The molecule has 2 unspecified atom stereocenters. The highest BCUT2D eigenvalue weighted by atomic mass is 35.5. The highest BCUT2D eigenvalue weighted by Crippen LogP contribution is 2.25. The zero-order chi connectivity index (χ0) is 10.7. The first-order valence-corrected chi connectivity index (χ1v) is 4.26.